The number of hydrogen-bond donors (Lipinski definition) is 1. The molecule has 1 aliphatic rings. The molecular formula is C11H15NO2S. The Kier molecular flexibility index (Phi) is 3.38. The Morgan fingerprint density at radius 3 is 3.20 bits per heavy atom. The number of carbonyl (C=O) groups is 1. The molecule has 0 aromatic carbocycles. The van der Waals surface area contributed by atoms with Gasteiger partial charge in [-0.1, -0.05) is 6.07 Å². The fourth-order valence-electron chi connectivity index (χ4n) is 1.86. The molecule has 4 heteroatoms. The molecule has 1 aromatic heterocycles. The molecule has 2 rings (SSSR count). The molecule has 2 heterocycles. The van der Waals surface area contributed by atoms with Gasteiger partial charge in [0.1, 0.15) is 0 Å². The third kappa shape index (κ3) is 2.79. The van der Waals surface area contributed by atoms with E-state index in [0.717, 1.165) is 24.3 Å². The lowest BCUT2D eigenvalue weighted by atomic mass is 10.1. The molecule has 1 N–H and O–H groups in total. The number of carbonyl (C=O) groups excluding carboxylic acids is 1. The van der Waals surface area contributed by atoms with Crippen LogP contribution < -0.4 is 0 Å². The van der Waals surface area contributed by atoms with E-state index >= 15 is 0 Å². The number of likely N-dealkylation sites (tertiary alicyclic amines) is 1. The number of hydrogen-bond acceptors (Lipinski definition) is 3. The molecule has 0 radical (unpaired) electrons. The number of nitrogens with zero attached hydrogens (tertiary/aromatic N) is 1. The van der Waals surface area contributed by atoms with E-state index < -0.39 is 0 Å². The second-order valence-corrected chi connectivity index (χ2v) is 4.92. The summed E-state index contributed by atoms with van der Waals surface area (Å²) < 4.78 is 0. The fraction of sp³-hybridized carbons (Fsp3) is 0.545. The van der Waals surface area contributed by atoms with Crippen LogP contribution in [-0.2, 0) is 11.2 Å². The molecule has 1 saturated heterocycles. The first-order chi connectivity index (χ1) is 7.25. The molecule has 1 amide bonds. The summed E-state index contributed by atoms with van der Waals surface area (Å²) in [5.74, 6) is 0.135. The predicted octanol–water partition coefficient (Wildman–Crippen LogP) is 1.27. The molecule has 3 nitrogen and oxygen atoms in total. The van der Waals surface area contributed by atoms with Crippen LogP contribution in [0.5, 0.6) is 0 Å². The standard InChI is InChI=1S/C11H15NO2S/c13-9-3-1-5-12(8-9)11(14)7-10-4-2-6-15-10/h2,4,6,9,13H,1,3,5,7-8H2. The Morgan fingerprint density at radius 2 is 2.53 bits per heavy atom. The highest BCUT2D eigenvalue weighted by Crippen LogP contribution is 2.14. The zero-order valence-corrected chi connectivity index (χ0v) is 9.37. The lowest BCUT2D eigenvalue weighted by Crippen LogP contribution is -2.42. The van der Waals surface area contributed by atoms with Gasteiger partial charge in [0, 0.05) is 18.0 Å². The van der Waals surface area contributed by atoms with Gasteiger partial charge in [-0.3, -0.25) is 4.79 Å². The Hall–Kier alpha value is -0.870. The van der Waals surface area contributed by atoms with Gasteiger partial charge in [-0.15, -0.1) is 11.3 Å². The van der Waals surface area contributed by atoms with Crippen LogP contribution in [0.15, 0.2) is 17.5 Å². The molecular weight excluding hydrogens is 210 g/mol. The quantitative estimate of drug-likeness (QED) is 0.823. The van der Waals surface area contributed by atoms with Crippen LogP contribution in [0, 0.1) is 0 Å². The van der Waals surface area contributed by atoms with Crippen molar-refractivity contribution in [3.63, 3.8) is 0 Å². The number of piperidine rings is 1. The Balaban J connectivity index is 1.90. The van der Waals surface area contributed by atoms with Gasteiger partial charge in [-0.2, -0.15) is 0 Å². The third-order valence-electron chi connectivity index (χ3n) is 2.65. The van der Waals surface area contributed by atoms with E-state index in [-0.39, 0.29) is 12.0 Å². The summed E-state index contributed by atoms with van der Waals surface area (Å²) in [7, 11) is 0. The monoisotopic (exact) mass is 225 g/mol. The predicted molar refractivity (Wildman–Crippen MR) is 59.8 cm³/mol. The smallest absolute Gasteiger partial charge is 0.227 e. The van der Waals surface area contributed by atoms with Crippen LogP contribution in [0.3, 0.4) is 0 Å². The van der Waals surface area contributed by atoms with Crippen molar-refractivity contribution in [2.75, 3.05) is 13.1 Å². The minimum Gasteiger partial charge on any atom is -0.391 e. The number of aliphatic hydroxyl groups excluding tert-OH is 1. The second-order valence-electron chi connectivity index (χ2n) is 3.89. The van der Waals surface area contributed by atoms with E-state index in [0.29, 0.717) is 13.0 Å². The van der Waals surface area contributed by atoms with Gasteiger partial charge in [0.05, 0.1) is 12.5 Å². The summed E-state index contributed by atoms with van der Waals surface area (Å²) in [5.41, 5.74) is 0. The normalized spacial score (nSPS) is 21.7. The first-order valence-electron chi connectivity index (χ1n) is 5.24. The average molecular weight is 225 g/mol. The lowest BCUT2D eigenvalue weighted by molar-refractivity contribution is -0.133. The molecule has 15 heavy (non-hydrogen) atoms. The summed E-state index contributed by atoms with van der Waals surface area (Å²) in [6.45, 7) is 1.30. The Morgan fingerprint density at radius 1 is 1.67 bits per heavy atom. The van der Waals surface area contributed by atoms with Crippen LogP contribution in [0.25, 0.3) is 0 Å². The number of aliphatic hydroxyl groups is 1. The zero-order valence-electron chi connectivity index (χ0n) is 8.56. The zero-order chi connectivity index (χ0) is 10.7. The SMILES string of the molecule is O=C(Cc1cccs1)N1CCCC(O)C1. The van der Waals surface area contributed by atoms with E-state index in [4.69, 9.17) is 0 Å². The number of β-amino-alcohol motifs (C(OH)–C–C–N with tert-alkyl or cyclic N) is 1. The Bertz CT molecular complexity index is 323. The summed E-state index contributed by atoms with van der Waals surface area (Å²) in [4.78, 5) is 14.7. The van der Waals surface area contributed by atoms with Gasteiger partial charge in [0.2, 0.25) is 5.91 Å². The highest BCUT2D eigenvalue weighted by Gasteiger charge is 2.21. The topological polar surface area (TPSA) is 40.5 Å². The van der Waals surface area contributed by atoms with Gasteiger partial charge < -0.3 is 10.0 Å². The minimum absolute atomic E-state index is 0.135. The van der Waals surface area contributed by atoms with E-state index in [9.17, 15) is 9.90 Å². The van der Waals surface area contributed by atoms with E-state index in [1.54, 1.807) is 16.2 Å². The molecule has 1 unspecified atom stereocenters. The molecule has 1 fully saturated rings. The van der Waals surface area contributed by atoms with E-state index in [1.165, 1.54) is 0 Å². The van der Waals surface area contributed by atoms with Crippen LogP contribution in [0.2, 0.25) is 0 Å². The van der Waals surface area contributed by atoms with E-state index in [1.807, 2.05) is 17.5 Å². The molecule has 0 spiro atoms. The van der Waals surface area contributed by atoms with Crippen molar-refractivity contribution in [1.29, 1.82) is 0 Å². The van der Waals surface area contributed by atoms with Crippen LogP contribution in [0.1, 0.15) is 17.7 Å². The van der Waals surface area contributed by atoms with Gasteiger partial charge in [-0.05, 0) is 24.3 Å². The van der Waals surface area contributed by atoms with Crippen LogP contribution >= 0.6 is 11.3 Å². The molecule has 0 saturated carbocycles. The van der Waals surface area contributed by atoms with Gasteiger partial charge >= 0.3 is 0 Å². The highest BCUT2D eigenvalue weighted by atomic mass is 32.1. The summed E-state index contributed by atoms with van der Waals surface area (Å²) >= 11 is 1.61. The molecule has 1 aromatic rings. The number of amides is 1. The first-order valence-corrected chi connectivity index (χ1v) is 6.12. The third-order valence-corrected chi connectivity index (χ3v) is 3.53. The Labute approximate surface area is 93.3 Å². The van der Waals surface area contributed by atoms with Gasteiger partial charge in [0.15, 0.2) is 0 Å². The van der Waals surface area contributed by atoms with Crippen molar-refractivity contribution in [3.8, 4) is 0 Å². The summed E-state index contributed by atoms with van der Waals surface area (Å²) in [6, 6.07) is 3.93. The van der Waals surface area contributed by atoms with Crippen molar-refractivity contribution in [3.05, 3.63) is 22.4 Å². The summed E-state index contributed by atoms with van der Waals surface area (Å²) in [6.07, 6.45) is 1.89. The fourth-order valence-corrected chi connectivity index (χ4v) is 2.55. The van der Waals surface area contributed by atoms with Gasteiger partial charge in [-0.25, -0.2) is 0 Å². The van der Waals surface area contributed by atoms with Crippen molar-refractivity contribution in [1.82, 2.24) is 4.90 Å². The van der Waals surface area contributed by atoms with Crippen molar-refractivity contribution in [2.24, 2.45) is 0 Å². The van der Waals surface area contributed by atoms with Crippen LogP contribution in [-0.4, -0.2) is 35.1 Å². The van der Waals surface area contributed by atoms with Crippen LogP contribution in [0.4, 0.5) is 0 Å². The molecule has 82 valence electrons. The van der Waals surface area contributed by atoms with Crippen molar-refractivity contribution < 1.29 is 9.90 Å². The molecule has 0 bridgehead atoms. The van der Waals surface area contributed by atoms with Gasteiger partial charge in [0.25, 0.3) is 0 Å². The molecule has 0 aliphatic carbocycles. The maximum atomic E-state index is 11.8. The number of thiophene rings is 1. The second kappa shape index (κ2) is 4.77. The highest BCUT2D eigenvalue weighted by molar-refractivity contribution is 7.10. The molecule has 1 aliphatic heterocycles. The minimum atomic E-state index is -0.328. The largest absolute Gasteiger partial charge is 0.391 e. The lowest BCUT2D eigenvalue weighted by Gasteiger charge is -2.30. The van der Waals surface area contributed by atoms with Crippen molar-refractivity contribution in [2.45, 2.75) is 25.4 Å². The number of rotatable bonds is 2. The van der Waals surface area contributed by atoms with Crippen molar-refractivity contribution >= 4 is 17.2 Å². The maximum absolute atomic E-state index is 11.8. The summed E-state index contributed by atoms with van der Waals surface area (Å²) in [5, 5.41) is 11.4. The average Bonchev–Trinajstić information content (AvgIpc) is 2.70. The first kappa shape index (κ1) is 10.6. The molecule has 1 atom stereocenters. The van der Waals surface area contributed by atoms with E-state index in [2.05, 4.69) is 0 Å². The maximum Gasteiger partial charge on any atom is 0.227 e.